The molecule has 0 aromatic heterocycles. The summed E-state index contributed by atoms with van der Waals surface area (Å²) >= 11 is 1.15. The van der Waals surface area contributed by atoms with Gasteiger partial charge in [0.15, 0.2) is 5.17 Å². The number of rotatable bonds is 6. The summed E-state index contributed by atoms with van der Waals surface area (Å²) in [6.45, 7) is 1.96. The summed E-state index contributed by atoms with van der Waals surface area (Å²) in [5, 5.41) is 16.1. The lowest BCUT2D eigenvalue weighted by Gasteiger charge is -2.09. The Labute approximate surface area is 170 Å². The Morgan fingerprint density at radius 3 is 2.69 bits per heavy atom. The van der Waals surface area contributed by atoms with Crippen molar-refractivity contribution in [1.29, 1.82) is 0 Å². The second-order valence-electron chi connectivity index (χ2n) is 6.24. The molecular formula is C19H18N4O5S. The number of carbonyl (C=O) groups is 2. The molecule has 29 heavy (non-hydrogen) atoms. The van der Waals surface area contributed by atoms with E-state index in [2.05, 4.69) is 15.6 Å². The molecule has 10 heteroatoms. The minimum absolute atomic E-state index is 0.0396. The van der Waals surface area contributed by atoms with Crippen molar-refractivity contribution in [2.75, 3.05) is 12.4 Å². The van der Waals surface area contributed by atoms with Gasteiger partial charge in [0, 0.05) is 6.42 Å². The number of hydrogen-bond acceptors (Lipinski definition) is 7. The molecule has 0 saturated carbocycles. The van der Waals surface area contributed by atoms with Crippen LogP contribution in [0.3, 0.4) is 0 Å². The molecule has 3 rings (SSSR count). The number of carbonyl (C=O) groups excluding carboxylic acids is 2. The lowest BCUT2D eigenvalue weighted by atomic mass is 10.2. The van der Waals surface area contributed by atoms with E-state index in [4.69, 9.17) is 4.74 Å². The van der Waals surface area contributed by atoms with Crippen LogP contribution >= 0.6 is 11.8 Å². The number of amides is 2. The molecular weight excluding hydrogens is 396 g/mol. The molecule has 1 fully saturated rings. The van der Waals surface area contributed by atoms with Crippen LogP contribution in [0.15, 0.2) is 47.5 Å². The highest BCUT2D eigenvalue weighted by Gasteiger charge is 2.32. The number of benzene rings is 2. The number of nitro groups is 1. The zero-order valence-corrected chi connectivity index (χ0v) is 16.5. The van der Waals surface area contributed by atoms with Gasteiger partial charge in [-0.3, -0.25) is 19.7 Å². The third-order valence-electron chi connectivity index (χ3n) is 4.09. The Bertz CT molecular complexity index is 991. The maximum absolute atomic E-state index is 12.3. The van der Waals surface area contributed by atoms with Crippen molar-refractivity contribution in [3.63, 3.8) is 0 Å². The van der Waals surface area contributed by atoms with Gasteiger partial charge in [-0.2, -0.15) is 0 Å². The number of aliphatic imine (C=N–C) groups is 1. The molecule has 1 atom stereocenters. The first-order valence-corrected chi connectivity index (χ1v) is 9.49. The fourth-order valence-corrected chi connectivity index (χ4v) is 3.58. The highest BCUT2D eigenvalue weighted by molar-refractivity contribution is 8.15. The highest BCUT2D eigenvalue weighted by atomic mass is 32.2. The Hall–Kier alpha value is -3.40. The van der Waals surface area contributed by atoms with Crippen molar-refractivity contribution >= 4 is 45.8 Å². The van der Waals surface area contributed by atoms with E-state index in [1.54, 1.807) is 0 Å². The number of nitrogens with zero attached hydrogens (tertiary/aromatic N) is 2. The number of anilines is 1. The first kappa shape index (κ1) is 20.3. The van der Waals surface area contributed by atoms with Crippen molar-refractivity contribution in [3.05, 3.63) is 58.1 Å². The predicted molar refractivity (Wildman–Crippen MR) is 111 cm³/mol. The molecule has 2 N–H and O–H groups in total. The number of nitrogens with one attached hydrogen (secondary N) is 2. The summed E-state index contributed by atoms with van der Waals surface area (Å²) in [7, 11) is 1.39. The van der Waals surface area contributed by atoms with Gasteiger partial charge in [0.2, 0.25) is 11.8 Å². The van der Waals surface area contributed by atoms with Gasteiger partial charge in [-0.15, -0.1) is 0 Å². The normalized spacial score (nSPS) is 17.1. The van der Waals surface area contributed by atoms with Crippen molar-refractivity contribution < 1.29 is 19.2 Å². The van der Waals surface area contributed by atoms with Crippen molar-refractivity contribution in [3.8, 4) is 5.75 Å². The van der Waals surface area contributed by atoms with Gasteiger partial charge in [-0.25, -0.2) is 4.99 Å². The molecule has 1 heterocycles. The van der Waals surface area contributed by atoms with E-state index < -0.39 is 16.1 Å². The van der Waals surface area contributed by atoms with Crippen LogP contribution in [0.2, 0.25) is 0 Å². The van der Waals surface area contributed by atoms with E-state index >= 15 is 0 Å². The molecule has 1 aliphatic rings. The zero-order chi connectivity index (χ0) is 21.0. The van der Waals surface area contributed by atoms with Crippen molar-refractivity contribution in [1.82, 2.24) is 5.32 Å². The summed E-state index contributed by atoms with van der Waals surface area (Å²) in [5.41, 5.74) is 1.54. The summed E-state index contributed by atoms with van der Waals surface area (Å²) in [4.78, 5) is 39.5. The SMILES string of the molecule is COc1ccc(NC(=O)CC2SC(=Nc3ccc(C)cc3)NC2=O)c([N+](=O)[O-])c1. The zero-order valence-electron chi connectivity index (χ0n) is 15.7. The molecule has 1 aliphatic heterocycles. The topological polar surface area (TPSA) is 123 Å². The predicted octanol–water partition coefficient (Wildman–Crippen LogP) is 3.16. The fourth-order valence-electron chi connectivity index (χ4n) is 2.59. The number of ether oxygens (including phenoxy) is 1. The van der Waals surface area contributed by atoms with Gasteiger partial charge in [0.1, 0.15) is 16.7 Å². The molecule has 2 aromatic rings. The largest absolute Gasteiger partial charge is 0.496 e. The Balaban J connectivity index is 1.66. The smallest absolute Gasteiger partial charge is 0.296 e. The standard InChI is InChI=1S/C19H18N4O5S/c1-11-3-5-12(6-4-11)20-19-22-18(25)16(29-19)10-17(24)21-14-8-7-13(28-2)9-15(14)23(26)27/h3-9,16H,10H2,1-2H3,(H,21,24)(H,20,22,25). The molecule has 0 bridgehead atoms. The molecule has 0 spiro atoms. The van der Waals surface area contributed by atoms with Crippen molar-refractivity contribution in [2.45, 2.75) is 18.6 Å². The van der Waals surface area contributed by atoms with Gasteiger partial charge in [0.25, 0.3) is 5.69 Å². The first-order chi connectivity index (χ1) is 13.9. The van der Waals surface area contributed by atoms with E-state index in [0.29, 0.717) is 16.6 Å². The van der Waals surface area contributed by atoms with E-state index in [1.165, 1.54) is 25.3 Å². The fraction of sp³-hybridized carbons (Fsp3) is 0.211. The van der Waals surface area contributed by atoms with Crippen LogP contribution in [-0.4, -0.2) is 34.3 Å². The summed E-state index contributed by atoms with van der Waals surface area (Å²) in [6.07, 6.45) is -0.146. The second kappa shape index (κ2) is 8.74. The van der Waals surface area contributed by atoms with Gasteiger partial charge < -0.3 is 15.4 Å². The van der Waals surface area contributed by atoms with Crippen LogP contribution in [-0.2, 0) is 9.59 Å². The molecule has 0 radical (unpaired) electrons. The van der Waals surface area contributed by atoms with Gasteiger partial charge in [-0.1, -0.05) is 29.5 Å². The molecule has 9 nitrogen and oxygen atoms in total. The number of aryl methyl sites for hydroxylation is 1. The number of thioether (sulfide) groups is 1. The Morgan fingerprint density at radius 1 is 1.31 bits per heavy atom. The average Bonchev–Trinajstić information content (AvgIpc) is 3.02. The summed E-state index contributed by atoms with van der Waals surface area (Å²) in [5.74, 6) is -0.542. The maximum Gasteiger partial charge on any atom is 0.296 e. The molecule has 0 aliphatic carbocycles. The number of nitro benzene ring substituents is 1. The number of hydrogen-bond donors (Lipinski definition) is 2. The molecule has 2 amide bonds. The van der Waals surface area contributed by atoms with E-state index in [1.807, 2.05) is 31.2 Å². The van der Waals surface area contributed by atoms with Gasteiger partial charge in [0.05, 0.1) is 23.8 Å². The summed E-state index contributed by atoms with van der Waals surface area (Å²) in [6, 6.07) is 11.6. The van der Waals surface area contributed by atoms with Crippen LogP contribution in [0.4, 0.5) is 17.1 Å². The lowest BCUT2D eigenvalue weighted by molar-refractivity contribution is -0.384. The van der Waals surface area contributed by atoms with Crippen LogP contribution in [0.1, 0.15) is 12.0 Å². The number of amidine groups is 1. The van der Waals surface area contributed by atoms with Crippen LogP contribution in [0.25, 0.3) is 0 Å². The number of methoxy groups -OCH3 is 1. The third kappa shape index (κ3) is 5.11. The molecule has 2 aromatic carbocycles. The molecule has 1 saturated heterocycles. The van der Waals surface area contributed by atoms with E-state index in [0.717, 1.165) is 17.3 Å². The third-order valence-corrected chi connectivity index (χ3v) is 5.17. The monoisotopic (exact) mass is 414 g/mol. The van der Waals surface area contributed by atoms with Crippen molar-refractivity contribution in [2.24, 2.45) is 4.99 Å². The van der Waals surface area contributed by atoms with Gasteiger partial charge in [-0.05, 0) is 31.2 Å². The van der Waals surface area contributed by atoms with Crippen LogP contribution < -0.4 is 15.4 Å². The molecule has 150 valence electrons. The van der Waals surface area contributed by atoms with Crippen LogP contribution in [0.5, 0.6) is 5.75 Å². The van der Waals surface area contributed by atoms with E-state index in [9.17, 15) is 19.7 Å². The average molecular weight is 414 g/mol. The van der Waals surface area contributed by atoms with Crippen LogP contribution in [0, 0.1) is 17.0 Å². The minimum Gasteiger partial charge on any atom is -0.496 e. The van der Waals surface area contributed by atoms with E-state index in [-0.39, 0.29) is 23.7 Å². The molecule has 1 unspecified atom stereocenters. The summed E-state index contributed by atoms with van der Waals surface area (Å²) < 4.78 is 4.97. The second-order valence-corrected chi connectivity index (χ2v) is 7.43. The maximum atomic E-state index is 12.3. The highest BCUT2D eigenvalue weighted by Crippen LogP contribution is 2.30. The Kier molecular flexibility index (Phi) is 6.13. The quantitative estimate of drug-likeness (QED) is 0.553. The lowest BCUT2D eigenvalue weighted by Crippen LogP contribution is -2.28. The Morgan fingerprint density at radius 2 is 2.03 bits per heavy atom. The van der Waals surface area contributed by atoms with Gasteiger partial charge >= 0.3 is 0 Å². The first-order valence-electron chi connectivity index (χ1n) is 8.61. The minimum atomic E-state index is -0.670.